The highest BCUT2D eigenvalue weighted by molar-refractivity contribution is 4.62. The van der Waals surface area contributed by atoms with Crippen molar-refractivity contribution in [1.29, 1.82) is 0 Å². The van der Waals surface area contributed by atoms with E-state index < -0.39 is 0 Å². The molecule has 6 nitrogen and oxygen atoms in total. The van der Waals surface area contributed by atoms with E-state index in [0.29, 0.717) is 0 Å². The number of rotatable bonds is 3. The van der Waals surface area contributed by atoms with Crippen LogP contribution in [0.5, 0.6) is 0 Å². The SMILES string of the molecule is CCCn1ccnn1.CCn1ccnn1. The number of nitrogens with zero attached hydrogens (tertiary/aromatic N) is 6. The first-order valence-electron chi connectivity index (χ1n) is 5.05. The van der Waals surface area contributed by atoms with Gasteiger partial charge in [0.15, 0.2) is 0 Å². The number of hydrogen-bond acceptors (Lipinski definition) is 4. The molecular formula is C9H16N6. The second-order valence-electron chi connectivity index (χ2n) is 2.92. The van der Waals surface area contributed by atoms with E-state index in [1.54, 1.807) is 17.1 Å². The Morgan fingerprint density at radius 3 is 1.87 bits per heavy atom. The van der Waals surface area contributed by atoms with Crippen LogP contribution >= 0.6 is 0 Å². The van der Waals surface area contributed by atoms with Gasteiger partial charge in [0, 0.05) is 25.5 Å². The van der Waals surface area contributed by atoms with Crippen molar-refractivity contribution in [2.24, 2.45) is 0 Å². The fourth-order valence-corrected chi connectivity index (χ4v) is 0.982. The first-order valence-corrected chi connectivity index (χ1v) is 5.05. The summed E-state index contributed by atoms with van der Waals surface area (Å²) in [6.45, 7) is 6.01. The zero-order valence-electron chi connectivity index (χ0n) is 9.11. The highest BCUT2D eigenvalue weighted by atomic mass is 15.4. The summed E-state index contributed by atoms with van der Waals surface area (Å²) >= 11 is 0. The predicted octanol–water partition coefficient (Wildman–Crippen LogP) is 0.986. The third-order valence-corrected chi connectivity index (χ3v) is 1.72. The predicted molar refractivity (Wildman–Crippen MR) is 56.0 cm³/mol. The Morgan fingerprint density at radius 2 is 1.53 bits per heavy atom. The molecule has 2 aromatic heterocycles. The summed E-state index contributed by atoms with van der Waals surface area (Å²) in [6, 6.07) is 0. The zero-order valence-corrected chi connectivity index (χ0v) is 9.11. The van der Waals surface area contributed by atoms with Crippen molar-refractivity contribution in [3.8, 4) is 0 Å². The summed E-state index contributed by atoms with van der Waals surface area (Å²) in [7, 11) is 0. The Labute approximate surface area is 88.9 Å². The topological polar surface area (TPSA) is 61.4 Å². The lowest BCUT2D eigenvalue weighted by atomic mass is 10.5. The minimum Gasteiger partial charge on any atom is -0.253 e. The van der Waals surface area contributed by atoms with Gasteiger partial charge in [0.1, 0.15) is 0 Å². The van der Waals surface area contributed by atoms with Gasteiger partial charge in [-0.3, -0.25) is 9.36 Å². The smallest absolute Gasteiger partial charge is 0.0692 e. The third-order valence-electron chi connectivity index (χ3n) is 1.72. The highest BCUT2D eigenvalue weighted by Crippen LogP contribution is 1.83. The van der Waals surface area contributed by atoms with Gasteiger partial charge in [-0.25, -0.2) is 0 Å². The van der Waals surface area contributed by atoms with Crippen molar-refractivity contribution in [3.05, 3.63) is 24.8 Å². The van der Waals surface area contributed by atoms with Crippen LogP contribution in [0.15, 0.2) is 24.8 Å². The summed E-state index contributed by atoms with van der Waals surface area (Å²) < 4.78 is 3.58. The molecule has 0 N–H and O–H groups in total. The third kappa shape index (κ3) is 4.35. The van der Waals surface area contributed by atoms with Gasteiger partial charge >= 0.3 is 0 Å². The Balaban J connectivity index is 0.000000151. The summed E-state index contributed by atoms with van der Waals surface area (Å²) in [5.74, 6) is 0. The van der Waals surface area contributed by atoms with Crippen LogP contribution in [0.1, 0.15) is 20.3 Å². The molecule has 6 heteroatoms. The Hall–Kier alpha value is -1.72. The molecule has 82 valence electrons. The van der Waals surface area contributed by atoms with Gasteiger partial charge < -0.3 is 0 Å². The van der Waals surface area contributed by atoms with E-state index in [9.17, 15) is 0 Å². The molecule has 0 unspecified atom stereocenters. The van der Waals surface area contributed by atoms with Crippen molar-refractivity contribution in [2.45, 2.75) is 33.4 Å². The van der Waals surface area contributed by atoms with Gasteiger partial charge in [0.2, 0.25) is 0 Å². The van der Waals surface area contributed by atoms with Gasteiger partial charge in [-0.1, -0.05) is 17.4 Å². The fraction of sp³-hybridized carbons (Fsp3) is 0.556. The molecule has 0 aliphatic heterocycles. The first kappa shape index (κ1) is 11.4. The molecule has 15 heavy (non-hydrogen) atoms. The summed E-state index contributed by atoms with van der Waals surface area (Å²) in [5.41, 5.74) is 0. The average Bonchev–Trinajstić information content (AvgIpc) is 2.91. The van der Waals surface area contributed by atoms with Crippen LogP contribution in [0.4, 0.5) is 0 Å². The average molecular weight is 208 g/mol. The maximum absolute atomic E-state index is 3.77. The van der Waals surface area contributed by atoms with Crippen LogP contribution < -0.4 is 0 Å². The second-order valence-corrected chi connectivity index (χ2v) is 2.92. The lowest BCUT2D eigenvalue weighted by Crippen LogP contribution is -1.96. The molecule has 2 aromatic rings. The van der Waals surface area contributed by atoms with Crippen molar-refractivity contribution >= 4 is 0 Å². The minimum atomic E-state index is 0.903. The molecular weight excluding hydrogens is 192 g/mol. The normalized spacial score (nSPS) is 9.47. The van der Waals surface area contributed by atoms with Crippen LogP contribution in [0.25, 0.3) is 0 Å². The molecule has 0 aromatic carbocycles. The monoisotopic (exact) mass is 208 g/mol. The lowest BCUT2D eigenvalue weighted by Gasteiger charge is -1.90. The number of aromatic nitrogens is 6. The van der Waals surface area contributed by atoms with Crippen molar-refractivity contribution < 1.29 is 0 Å². The van der Waals surface area contributed by atoms with Crippen LogP contribution in [0.3, 0.4) is 0 Å². The largest absolute Gasteiger partial charge is 0.253 e. The van der Waals surface area contributed by atoms with E-state index in [-0.39, 0.29) is 0 Å². The van der Waals surface area contributed by atoms with Crippen molar-refractivity contribution in [2.75, 3.05) is 0 Å². The van der Waals surface area contributed by atoms with Crippen LogP contribution in [-0.4, -0.2) is 30.0 Å². The molecule has 0 fully saturated rings. The Bertz CT molecular complexity index is 325. The zero-order chi connectivity index (χ0) is 10.9. The van der Waals surface area contributed by atoms with E-state index in [1.165, 1.54) is 0 Å². The standard InChI is InChI=1S/C5H9N3.C4H7N3/c1-2-4-8-5-3-6-7-8;1-2-7-4-3-5-6-7/h3,5H,2,4H2,1H3;3-4H,2H2,1H3. The molecule has 0 aliphatic carbocycles. The highest BCUT2D eigenvalue weighted by Gasteiger charge is 1.83. The minimum absolute atomic E-state index is 0.903. The molecule has 0 saturated carbocycles. The van der Waals surface area contributed by atoms with Gasteiger partial charge in [-0.05, 0) is 13.3 Å². The van der Waals surface area contributed by atoms with Gasteiger partial charge in [-0.15, -0.1) is 10.2 Å². The van der Waals surface area contributed by atoms with E-state index in [0.717, 1.165) is 19.5 Å². The van der Waals surface area contributed by atoms with Gasteiger partial charge in [0.25, 0.3) is 0 Å². The van der Waals surface area contributed by atoms with E-state index in [4.69, 9.17) is 0 Å². The fourth-order valence-electron chi connectivity index (χ4n) is 0.982. The summed E-state index contributed by atoms with van der Waals surface area (Å²) in [4.78, 5) is 0. The van der Waals surface area contributed by atoms with Crippen LogP contribution in [-0.2, 0) is 13.1 Å². The summed E-state index contributed by atoms with van der Waals surface area (Å²) in [5, 5.41) is 14.7. The quantitative estimate of drug-likeness (QED) is 0.754. The van der Waals surface area contributed by atoms with Gasteiger partial charge in [-0.2, -0.15) is 0 Å². The van der Waals surface area contributed by atoms with Gasteiger partial charge in [0.05, 0.1) is 12.4 Å². The van der Waals surface area contributed by atoms with E-state index >= 15 is 0 Å². The Morgan fingerprint density at radius 1 is 0.933 bits per heavy atom. The maximum Gasteiger partial charge on any atom is 0.0692 e. The summed E-state index contributed by atoms with van der Waals surface area (Å²) in [6.07, 6.45) is 8.17. The van der Waals surface area contributed by atoms with Crippen molar-refractivity contribution in [3.63, 3.8) is 0 Å². The second kappa shape index (κ2) is 6.69. The van der Waals surface area contributed by atoms with E-state index in [2.05, 4.69) is 27.5 Å². The molecule has 0 aliphatic rings. The molecule has 2 heterocycles. The molecule has 0 amide bonds. The molecule has 2 rings (SSSR count). The molecule has 0 bridgehead atoms. The molecule has 0 atom stereocenters. The van der Waals surface area contributed by atoms with Crippen LogP contribution in [0, 0.1) is 0 Å². The van der Waals surface area contributed by atoms with Crippen LogP contribution in [0.2, 0.25) is 0 Å². The first-order chi connectivity index (χ1) is 7.36. The molecule has 0 saturated heterocycles. The van der Waals surface area contributed by atoms with E-state index in [1.807, 2.05) is 24.0 Å². The van der Waals surface area contributed by atoms with Crippen molar-refractivity contribution in [1.82, 2.24) is 30.0 Å². The molecule has 0 radical (unpaired) electrons. The maximum atomic E-state index is 3.77. The Kier molecular flexibility index (Phi) is 5.07. The number of hydrogen-bond donors (Lipinski definition) is 0. The molecule has 0 spiro atoms. The number of aryl methyl sites for hydroxylation is 2. The lowest BCUT2D eigenvalue weighted by molar-refractivity contribution is 0.579.